The lowest BCUT2D eigenvalue weighted by molar-refractivity contribution is -0.107. The number of benzene rings is 1. The van der Waals surface area contributed by atoms with Gasteiger partial charge in [0, 0.05) is 19.0 Å². The first-order chi connectivity index (χ1) is 9.09. The van der Waals surface area contributed by atoms with Crippen LogP contribution in [0.5, 0.6) is 0 Å². The van der Waals surface area contributed by atoms with E-state index in [0.29, 0.717) is 11.4 Å². The highest BCUT2D eigenvalue weighted by molar-refractivity contribution is 7.89. The SMILES string of the molecule is CCCCc1ccc(S(=O)(=O)N2CC2CC=O)cc1. The summed E-state index contributed by atoms with van der Waals surface area (Å²) in [6.07, 6.45) is 4.27. The lowest BCUT2D eigenvalue weighted by Gasteiger charge is -2.06. The van der Waals surface area contributed by atoms with E-state index >= 15 is 0 Å². The van der Waals surface area contributed by atoms with Gasteiger partial charge in [-0.1, -0.05) is 25.5 Å². The average Bonchev–Trinajstić information content (AvgIpc) is 3.17. The van der Waals surface area contributed by atoms with Gasteiger partial charge in [0.15, 0.2) is 0 Å². The van der Waals surface area contributed by atoms with Crippen molar-refractivity contribution in [2.75, 3.05) is 6.54 Å². The van der Waals surface area contributed by atoms with E-state index in [-0.39, 0.29) is 12.5 Å². The number of hydrogen-bond acceptors (Lipinski definition) is 3. The number of carbonyl (C=O) groups excluding carboxylic acids is 1. The number of aldehydes is 1. The molecular formula is C14H19NO3S. The van der Waals surface area contributed by atoms with Crippen molar-refractivity contribution in [3.05, 3.63) is 29.8 Å². The Morgan fingerprint density at radius 2 is 2.00 bits per heavy atom. The van der Waals surface area contributed by atoms with Crippen LogP contribution >= 0.6 is 0 Å². The van der Waals surface area contributed by atoms with Gasteiger partial charge in [-0.15, -0.1) is 0 Å². The normalized spacial score (nSPS) is 22.2. The largest absolute Gasteiger partial charge is 0.303 e. The Morgan fingerprint density at radius 3 is 2.58 bits per heavy atom. The number of rotatable bonds is 7. The van der Waals surface area contributed by atoms with Gasteiger partial charge < -0.3 is 4.79 Å². The third-order valence-corrected chi connectivity index (χ3v) is 5.31. The van der Waals surface area contributed by atoms with Crippen LogP contribution in [0.15, 0.2) is 29.2 Å². The third-order valence-electron chi connectivity index (χ3n) is 3.38. The summed E-state index contributed by atoms with van der Waals surface area (Å²) in [5, 5.41) is 0. The quantitative estimate of drug-likeness (QED) is 0.567. The van der Waals surface area contributed by atoms with Crippen molar-refractivity contribution in [2.45, 2.75) is 43.5 Å². The molecule has 1 heterocycles. The van der Waals surface area contributed by atoms with Crippen molar-refractivity contribution < 1.29 is 13.2 Å². The number of carbonyl (C=O) groups is 1. The van der Waals surface area contributed by atoms with Gasteiger partial charge in [0.1, 0.15) is 6.29 Å². The van der Waals surface area contributed by atoms with Gasteiger partial charge in [-0.05, 0) is 30.5 Å². The van der Waals surface area contributed by atoms with E-state index < -0.39 is 10.0 Å². The highest BCUT2D eigenvalue weighted by atomic mass is 32.2. The zero-order valence-corrected chi connectivity index (χ0v) is 11.9. The van der Waals surface area contributed by atoms with Crippen LogP contribution in [-0.4, -0.2) is 31.6 Å². The van der Waals surface area contributed by atoms with Crippen molar-refractivity contribution in [2.24, 2.45) is 0 Å². The summed E-state index contributed by atoms with van der Waals surface area (Å²) in [7, 11) is -3.40. The van der Waals surface area contributed by atoms with E-state index in [4.69, 9.17) is 0 Å². The van der Waals surface area contributed by atoms with Gasteiger partial charge in [0.25, 0.3) is 0 Å². The Hall–Kier alpha value is -1.20. The number of sulfonamides is 1. The number of nitrogens with zero attached hydrogens (tertiary/aromatic N) is 1. The van der Waals surface area contributed by atoms with E-state index in [1.807, 2.05) is 12.1 Å². The molecular weight excluding hydrogens is 262 g/mol. The molecule has 0 radical (unpaired) electrons. The molecule has 1 fully saturated rings. The van der Waals surface area contributed by atoms with Crippen LogP contribution in [0.4, 0.5) is 0 Å². The lowest BCUT2D eigenvalue weighted by Crippen LogP contribution is -2.14. The molecule has 1 aliphatic heterocycles. The van der Waals surface area contributed by atoms with Crippen LogP contribution in [0.2, 0.25) is 0 Å². The average molecular weight is 281 g/mol. The fourth-order valence-corrected chi connectivity index (χ4v) is 3.70. The molecule has 1 aromatic carbocycles. The van der Waals surface area contributed by atoms with Gasteiger partial charge in [0.2, 0.25) is 10.0 Å². The molecule has 0 aromatic heterocycles. The van der Waals surface area contributed by atoms with Crippen LogP contribution in [0.1, 0.15) is 31.7 Å². The molecule has 1 aromatic rings. The Balaban J connectivity index is 2.07. The van der Waals surface area contributed by atoms with Gasteiger partial charge >= 0.3 is 0 Å². The standard InChI is InChI=1S/C14H19NO3S/c1-2-3-4-12-5-7-14(8-6-12)19(17,18)15-11-13(15)9-10-16/h5-8,10,13H,2-4,9,11H2,1H3. The Bertz CT molecular complexity index is 536. The zero-order chi connectivity index (χ0) is 13.9. The molecule has 0 bridgehead atoms. The fraction of sp³-hybridized carbons (Fsp3) is 0.500. The van der Waals surface area contributed by atoms with Gasteiger partial charge in [0.05, 0.1) is 4.90 Å². The molecule has 19 heavy (non-hydrogen) atoms. The van der Waals surface area contributed by atoms with Crippen LogP contribution in [-0.2, 0) is 21.2 Å². The summed E-state index contributed by atoms with van der Waals surface area (Å²) < 4.78 is 25.8. The van der Waals surface area contributed by atoms with Crippen LogP contribution in [0.25, 0.3) is 0 Å². The first-order valence-corrected chi connectivity index (χ1v) is 8.08. The van der Waals surface area contributed by atoms with E-state index in [9.17, 15) is 13.2 Å². The highest BCUT2D eigenvalue weighted by Gasteiger charge is 2.43. The van der Waals surface area contributed by atoms with Crippen LogP contribution in [0, 0.1) is 0 Å². The molecule has 2 unspecified atom stereocenters. The van der Waals surface area contributed by atoms with Gasteiger partial charge in [-0.2, -0.15) is 4.31 Å². The maximum absolute atomic E-state index is 12.2. The molecule has 0 amide bonds. The minimum Gasteiger partial charge on any atom is -0.303 e. The number of unbranched alkanes of at least 4 members (excludes halogenated alkanes) is 1. The summed E-state index contributed by atoms with van der Waals surface area (Å²) in [6.45, 7) is 2.59. The Morgan fingerprint density at radius 1 is 1.32 bits per heavy atom. The van der Waals surface area contributed by atoms with E-state index in [1.54, 1.807) is 12.1 Å². The molecule has 5 heteroatoms. The van der Waals surface area contributed by atoms with Crippen molar-refractivity contribution >= 4 is 16.3 Å². The van der Waals surface area contributed by atoms with Crippen molar-refractivity contribution in [3.8, 4) is 0 Å². The van der Waals surface area contributed by atoms with E-state index in [0.717, 1.165) is 31.1 Å². The Labute approximate surface area is 114 Å². The highest BCUT2D eigenvalue weighted by Crippen LogP contribution is 2.29. The maximum Gasteiger partial charge on any atom is 0.243 e. The first-order valence-electron chi connectivity index (χ1n) is 6.64. The van der Waals surface area contributed by atoms with Crippen molar-refractivity contribution in [3.63, 3.8) is 0 Å². The molecule has 2 rings (SSSR count). The number of hydrogen-bond donors (Lipinski definition) is 0. The van der Waals surface area contributed by atoms with Crippen LogP contribution < -0.4 is 0 Å². The van der Waals surface area contributed by atoms with E-state index in [2.05, 4.69) is 6.92 Å². The summed E-state index contributed by atoms with van der Waals surface area (Å²) in [5.41, 5.74) is 1.16. The van der Waals surface area contributed by atoms with Crippen molar-refractivity contribution in [1.29, 1.82) is 0 Å². The second-order valence-corrected chi connectivity index (χ2v) is 6.77. The fourth-order valence-electron chi connectivity index (χ4n) is 2.10. The molecule has 104 valence electrons. The topological polar surface area (TPSA) is 54.2 Å². The molecule has 1 aliphatic rings. The Kier molecular flexibility index (Phi) is 4.37. The molecule has 0 spiro atoms. The van der Waals surface area contributed by atoms with E-state index in [1.165, 1.54) is 4.31 Å². The summed E-state index contributed by atoms with van der Waals surface area (Å²) in [5.74, 6) is 0. The molecule has 4 nitrogen and oxygen atoms in total. The minimum absolute atomic E-state index is 0.137. The molecule has 0 aliphatic carbocycles. The summed E-state index contributed by atoms with van der Waals surface area (Å²) in [4.78, 5) is 10.7. The first kappa shape index (κ1) is 14.2. The molecule has 0 saturated carbocycles. The second-order valence-electron chi connectivity index (χ2n) is 4.88. The third kappa shape index (κ3) is 3.22. The van der Waals surface area contributed by atoms with Crippen LogP contribution in [0.3, 0.4) is 0 Å². The van der Waals surface area contributed by atoms with Gasteiger partial charge in [-0.3, -0.25) is 0 Å². The lowest BCUT2D eigenvalue weighted by atomic mass is 10.1. The van der Waals surface area contributed by atoms with Crippen molar-refractivity contribution in [1.82, 2.24) is 4.31 Å². The molecule has 0 N–H and O–H groups in total. The second kappa shape index (κ2) is 5.84. The zero-order valence-electron chi connectivity index (χ0n) is 11.1. The minimum atomic E-state index is -3.40. The van der Waals surface area contributed by atoms with Gasteiger partial charge in [-0.25, -0.2) is 8.42 Å². The monoisotopic (exact) mass is 281 g/mol. The summed E-state index contributed by atoms with van der Waals surface area (Å²) in [6, 6.07) is 6.94. The molecule has 2 atom stereocenters. The molecule has 1 saturated heterocycles. The smallest absolute Gasteiger partial charge is 0.243 e. The summed E-state index contributed by atoms with van der Waals surface area (Å²) >= 11 is 0. The predicted octanol–water partition coefficient (Wildman–Crippen LogP) is 1.99. The maximum atomic E-state index is 12.2. The predicted molar refractivity (Wildman–Crippen MR) is 73.4 cm³/mol. The number of aryl methyl sites for hydroxylation is 1.